The third kappa shape index (κ3) is 1.65. The van der Waals surface area contributed by atoms with Crippen LogP contribution in [0.25, 0.3) is 0 Å². The quantitative estimate of drug-likeness (QED) is 0.699. The maximum atomic E-state index is 11.9. The van der Waals surface area contributed by atoms with E-state index in [1.807, 2.05) is 12.1 Å². The largest absolute Gasteiger partial charge is 0.374 e. The van der Waals surface area contributed by atoms with Gasteiger partial charge in [0.1, 0.15) is 0 Å². The van der Waals surface area contributed by atoms with Crippen molar-refractivity contribution in [3.05, 3.63) is 29.3 Å². The van der Waals surface area contributed by atoms with Crippen molar-refractivity contribution in [2.45, 2.75) is 26.2 Å². The van der Waals surface area contributed by atoms with Gasteiger partial charge in [-0.3, -0.25) is 4.79 Å². The second-order valence-electron chi connectivity index (χ2n) is 4.49. The third-order valence-corrected chi connectivity index (χ3v) is 3.06. The Morgan fingerprint density at radius 3 is 2.73 bits per heavy atom. The standard InChI is InChI=1S/C13H17NO/c1-9(2)10-5-4-6-11-13(10)12(15)7-8-14(11)3/h4-6,9H,7-8H2,1-3H3. The number of rotatable bonds is 1. The van der Waals surface area contributed by atoms with Crippen molar-refractivity contribution >= 4 is 11.5 Å². The highest BCUT2D eigenvalue weighted by Crippen LogP contribution is 2.32. The van der Waals surface area contributed by atoms with Gasteiger partial charge in [0.05, 0.1) is 0 Å². The number of nitrogens with zero attached hydrogens (tertiary/aromatic N) is 1. The van der Waals surface area contributed by atoms with E-state index in [1.165, 1.54) is 5.56 Å². The highest BCUT2D eigenvalue weighted by molar-refractivity contribution is 6.04. The number of hydrogen-bond acceptors (Lipinski definition) is 2. The minimum atomic E-state index is 0.299. The van der Waals surface area contributed by atoms with Crippen LogP contribution in [-0.4, -0.2) is 19.4 Å². The summed E-state index contributed by atoms with van der Waals surface area (Å²) < 4.78 is 0. The number of carbonyl (C=O) groups excluding carboxylic acids is 1. The zero-order valence-corrected chi connectivity index (χ0v) is 9.58. The zero-order valence-electron chi connectivity index (χ0n) is 9.58. The van der Waals surface area contributed by atoms with Crippen molar-refractivity contribution in [1.29, 1.82) is 0 Å². The number of carbonyl (C=O) groups is 1. The SMILES string of the molecule is CC(C)c1cccc2c1C(=O)CCN2C. The summed E-state index contributed by atoms with van der Waals surface area (Å²) in [6, 6.07) is 6.15. The molecule has 1 aromatic carbocycles. The molecule has 80 valence electrons. The van der Waals surface area contributed by atoms with Gasteiger partial charge < -0.3 is 4.90 Å². The van der Waals surface area contributed by atoms with Crippen molar-refractivity contribution in [1.82, 2.24) is 0 Å². The van der Waals surface area contributed by atoms with Crippen LogP contribution >= 0.6 is 0 Å². The molecular formula is C13H17NO. The normalized spacial score (nSPS) is 15.7. The minimum absolute atomic E-state index is 0.299. The van der Waals surface area contributed by atoms with Crippen LogP contribution in [0.1, 0.15) is 42.1 Å². The second kappa shape index (κ2) is 3.69. The molecule has 0 aliphatic carbocycles. The van der Waals surface area contributed by atoms with Gasteiger partial charge >= 0.3 is 0 Å². The first-order valence-electron chi connectivity index (χ1n) is 5.48. The van der Waals surface area contributed by atoms with Gasteiger partial charge in [0.25, 0.3) is 0 Å². The van der Waals surface area contributed by atoms with Gasteiger partial charge in [-0.2, -0.15) is 0 Å². The fourth-order valence-electron chi connectivity index (χ4n) is 2.18. The van der Waals surface area contributed by atoms with Gasteiger partial charge in [-0.25, -0.2) is 0 Å². The summed E-state index contributed by atoms with van der Waals surface area (Å²) >= 11 is 0. The fourth-order valence-corrected chi connectivity index (χ4v) is 2.18. The van der Waals surface area contributed by atoms with Crippen molar-refractivity contribution in [2.75, 3.05) is 18.5 Å². The minimum Gasteiger partial charge on any atom is -0.374 e. The van der Waals surface area contributed by atoms with Gasteiger partial charge in [-0.05, 0) is 17.5 Å². The number of ketones is 1. The van der Waals surface area contributed by atoms with Crippen LogP contribution in [0.5, 0.6) is 0 Å². The average molecular weight is 203 g/mol. The van der Waals surface area contributed by atoms with Gasteiger partial charge in [0, 0.05) is 31.3 Å². The van der Waals surface area contributed by atoms with E-state index < -0.39 is 0 Å². The molecule has 0 fully saturated rings. The van der Waals surface area contributed by atoms with Crippen molar-refractivity contribution < 1.29 is 4.79 Å². The van der Waals surface area contributed by atoms with E-state index in [1.54, 1.807) is 0 Å². The zero-order chi connectivity index (χ0) is 11.0. The molecule has 0 unspecified atom stereocenters. The highest BCUT2D eigenvalue weighted by Gasteiger charge is 2.24. The lowest BCUT2D eigenvalue weighted by Crippen LogP contribution is -2.29. The van der Waals surface area contributed by atoms with Crippen LogP contribution < -0.4 is 4.90 Å². The van der Waals surface area contributed by atoms with E-state index >= 15 is 0 Å². The molecule has 1 heterocycles. The number of benzene rings is 1. The molecule has 0 aromatic heterocycles. The van der Waals surface area contributed by atoms with Crippen LogP contribution in [0, 0.1) is 0 Å². The van der Waals surface area contributed by atoms with E-state index in [0.717, 1.165) is 17.8 Å². The Morgan fingerprint density at radius 2 is 2.07 bits per heavy atom. The average Bonchev–Trinajstić information content (AvgIpc) is 2.23. The molecule has 1 aliphatic heterocycles. The maximum absolute atomic E-state index is 11.9. The molecule has 1 aromatic rings. The first-order chi connectivity index (χ1) is 7.11. The molecule has 0 spiro atoms. The molecule has 0 bridgehead atoms. The molecule has 2 nitrogen and oxygen atoms in total. The monoisotopic (exact) mass is 203 g/mol. The van der Waals surface area contributed by atoms with Crippen molar-refractivity contribution in [3.8, 4) is 0 Å². The Kier molecular flexibility index (Phi) is 2.51. The van der Waals surface area contributed by atoms with Crippen LogP contribution in [0.2, 0.25) is 0 Å². The summed E-state index contributed by atoms with van der Waals surface area (Å²) in [5.74, 6) is 0.711. The van der Waals surface area contributed by atoms with Gasteiger partial charge in [-0.1, -0.05) is 26.0 Å². The summed E-state index contributed by atoms with van der Waals surface area (Å²) in [5, 5.41) is 0. The predicted octanol–water partition coefficient (Wildman–Crippen LogP) is 2.83. The molecule has 15 heavy (non-hydrogen) atoms. The highest BCUT2D eigenvalue weighted by atomic mass is 16.1. The van der Waals surface area contributed by atoms with E-state index in [9.17, 15) is 4.79 Å². The number of anilines is 1. The molecule has 2 rings (SSSR count). The predicted molar refractivity (Wildman–Crippen MR) is 62.7 cm³/mol. The Bertz CT molecular complexity index is 381. The van der Waals surface area contributed by atoms with Gasteiger partial charge in [-0.15, -0.1) is 0 Å². The molecule has 0 atom stereocenters. The van der Waals surface area contributed by atoms with Gasteiger partial charge in [0.15, 0.2) is 5.78 Å². The summed E-state index contributed by atoms with van der Waals surface area (Å²) in [6.45, 7) is 5.11. The smallest absolute Gasteiger partial charge is 0.167 e. The molecule has 0 radical (unpaired) electrons. The van der Waals surface area contributed by atoms with Crippen molar-refractivity contribution in [3.63, 3.8) is 0 Å². The summed E-state index contributed by atoms with van der Waals surface area (Å²) in [7, 11) is 2.05. The molecule has 0 saturated carbocycles. The van der Waals surface area contributed by atoms with Crippen LogP contribution in [0.15, 0.2) is 18.2 Å². The summed E-state index contributed by atoms with van der Waals surface area (Å²) in [5.41, 5.74) is 3.22. The molecule has 0 saturated heterocycles. The van der Waals surface area contributed by atoms with Gasteiger partial charge in [0.2, 0.25) is 0 Å². The Morgan fingerprint density at radius 1 is 1.33 bits per heavy atom. The number of hydrogen-bond donors (Lipinski definition) is 0. The first-order valence-corrected chi connectivity index (χ1v) is 5.48. The van der Waals surface area contributed by atoms with Crippen LogP contribution in [0.4, 0.5) is 5.69 Å². The Labute approximate surface area is 90.9 Å². The molecular weight excluding hydrogens is 186 g/mol. The molecule has 0 amide bonds. The van der Waals surface area contributed by atoms with E-state index in [4.69, 9.17) is 0 Å². The first kappa shape index (κ1) is 10.2. The number of fused-ring (bicyclic) bond motifs is 1. The molecule has 2 heteroatoms. The fraction of sp³-hybridized carbons (Fsp3) is 0.462. The summed E-state index contributed by atoms with van der Waals surface area (Å²) in [4.78, 5) is 14.1. The topological polar surface area (TPSA) is 20.3 Å². The molecule has 1 aliphatic rings. The lowest BCUT2D eigenvalue weighted by atomic mass is 9.90. The van der Waals surface area contributed by atoms with E-state index in [0.29, 0.717) is 18.1 Å². The Balaban J connectivity index is 2.61. The lowest BCUT2D eigenvalue weighted by Gasteiger charge is -2.29. The molecule has 0 N–H and O–H groups in total. The van der Waals surface area contributed by atoms with E-state index in [2.05, 4.69) is 31.9 Å². The van der Waals surface area contributed by atoms with E-state index in [-0.39, 0.29) is 0 Å². The van der Waals surface area contributed by atoms with Crippen molar-refractivity contribution in [2.24, 2.45) is 0 Å². The lowest BCUT2D eigenvalue weighted by molar-refractivity contribution is 0.0979. The maximum Gasteiger partial charge on any atom is 0.167 e. The second-order valence-corrected chi connectivity index (χ2v) is 4.49. The summed E-state index contributed by atoms with van der Waals surface area (Å²) in [6.07, 6.45) is 0.646. The third-order valence-electron chi connectivity index (χ3n) is 3.06. The van der Waals surface area contributed by atoms with Crippen LogP contribution in [-0.2, 0) is 0 Å². The number of Topliss-reactive ketones (excluding diaryl/α,β-unsaturated/α-hetero) is 1. The Hall–Kier alpha value is -1.31. The van der Waals surface area contributed by atoms with Crippen LogP contribution in [0.3, 0.4) is 0 Å².